The molecule has 5 nitrogen and oxygen atoms in total. The van der Waals surface area contributed by atoms with Crippen LogP contribution < -0.4 is 10.5 Å². The molecule has 1 unspecified atom stereocenters. The topological polar surface area (TPSA) is 66.1 Å². The summed E-state index contributed by atoms with van der Waals surface area (Å²) < 4.78 is 68.4. The third-order valence-corrected chi connectivity index (χ3v) is 6.53. The fourth-order valence-corrected chi connectivity index (χ4v) is 4.46. The lowest BCUT2D eigenvalue weighted by Crippen LogP contribution is -2.44. The molecule has 1 fully saturated rings. The van der Waals surface area contributed by atoms with E-state index in [-0.39, 0.29) is 17.2 Å². The summed E-state index contributed by atoms with van der Waals surface area (Å²) in [6, 6.07) is 5.76. The maximum atomic E-state index is 13.4. The highest BCUT2D eigenvalue weighted by molar-refractivity contribution is 5.79. The average molecular weight is 462 g/mol. The van der Waals surface area contributed by atoms with Crippen molar-refractivity contribution in [3.8, 4) is 5.75 Å². The van der Waals surface area contributed by atoms with E-state index < -0.39 is 24.5 Å². The molecule has 4 aliphatic rings. The number of halogens is 4. The number of nitrogens with zero attached hydrogens (tertiary/aromatic N) is 1. The van der Waals surface area contributed by atoms with Crippen molar-refractivity contribution in [3.05, 3.63) is 71.5 Å². The van der Waals surface area contributed by atoms with Crippen LogP contribution >= 0.6 is 0 Å². The van der Waals surface area contributed by atoms with Crippen LogP contribution in [-0.4, -0.2) is 38.2 Å². The predicted molar refractivity (Wildman–Crippen MR) is 114 cm³/mol. The van der Waals surface area contributed by atoms with Crippen LogP contribution in [-0.2, 0) is 15.0 Å². The molecule has 0 amide bonds. The molecule has 5 rings (SSSR count). The van der Waals surface area contributed by atoms with E-state index in [4.69, 9.17) is 24.9 Å². The third-order valence-electron chi connectivity index (χ3n) is 6.53. The minimum absolute atomic E-state index is 0.0414. The average Bonchev–Trinajstić information content (AvgIpc) is 3.45. The highest BCUT2D eigenvalue weighted by Crippen LogP contribution is 2.65. The summed E-state index contributed by atoms with van der Waals surface area (Å²) in [6.07, 6.45) is 7.92. The molecule has 1 aromatic rings. The summed E-state index contributed by atoms with van der Waals surface area (Å²) in [5.41, 5.74) is 7.35. The van der Waals surface area contributed by atoms with Crippen molar-refractivity contribution in [1.29, 1.82) is 0 Å². The van der Waals surface area contributed by atoms with E-state index in [0.717, 1.165) is 24.0 Å². The second kappa shape index (κ2) is 7.67. The standard InChI is InChI=1S/C24H22F4N2O3/c25-20(26)24(27,28)14-31-17-5-3-1-2-4-15(10-17)16-6-7-19-18(11-16)23(13-33-21(29)30-23)22(8-9-22)12-32-19/h1-7,10-11,20H,8-9,12-14H2,(H2,29,30)/b2-1+,3-1?,4-2?,5-3+,15-4+,15-10?,17-5?,17-10+. The first-order valence-corrected chi connectivity index (χ1v) is 10.6. The summed E-state index contributed by atoms with van der Waals surface area (Å²) in [5, 5.41) is 0. The van der Waals surface area contributed by atoms with E-state index in [2.05, 4.69) is 0 Å². The molecule has 174 valence electrons. The van der Waals surface area contributed by atoms with Crippen LogP contribution in [0.1, 0.15) is 24.0 Å². The van der Waals surface area contributed by atoms with Gasteiger partial charge >= 0.3 is 12.3 Å². The minimum Gasteiger partial charge on any atom is -0.493 e. The van der Waals surface area contributed by atoms with Gasteiger partial charge in [-0.25, -0.2) is 13.8 Å². The molecule has 9 heteroatoms. The van der Waals surface area contributed by atoms with Crippen molar-refractivity contribution in [1.82, 2.24) is 0 Å². The van der Waals surface area contributed by atoms with Crippen molar-refractivity contribution in [2.24, 2.45) is 16.1 Å². The normalized spacial score (nSPS) is 30.0. The number of rotatable bonds is 5. The van der Waals surface area contributed by atoms with E-state index >= 15 is 0 Å². The molecule has 1 atom stereocenters. The Bertz CT molecular complexity index is 1120. The van der Waals surface area contributed by atoms with Gasteiger partial charge in [-0.15, -0.1) is 0 Å². The number of allylic oxidation sites excluding steroid dienone is 7. The van der Waals surface area contributed by atoms with Gasteiger partial charge in [-0.3, -0.25) is 0 Å². The van der Waals surface area contributed by atoms with E-state index in [1.54, 1.807) is 24.3 Å². The number of fused-ring (bicyclic) bond motifs is 3. The van der Waals surface area contributed by atoms with Gasteiger partial charge in [0.15, 0.2) is 6.61 Å². The van der Waals surface area contributed by atoms with Crippen molar-refractivity contribution in [2.75, 3.05) is 19.8 Å². The van der Waals surface area contributed by atoms with Gasteiger partial charge in [-0.1, -0.05) is 30.4 Å². The SMILES string of the molecule is NC1=NC2(CO1)c1cc(C3=C/C=C/C=C/C(OCC(F)(F)C(F)F)=C\3)ccc1OCC21CC1. The second-order valence-electron chi connectivity index (χ2n) is 8.64. The van der Waals surface area contributed by atoms with E-state index in [0.29, 0.717) is 24.5 Å². The van der Waals surface area contributed by atoms with Crippen molar-refractivity contribution in [3.63, 3.8) is 0 Å². The number of nitrogens with two attached hydrogens (primary N) is 1. The molecule has 2 spiro atoms. The Morgan fingerprint density at radius 2 is 1.94 bits per heavy atom. The summed E-state index contributed by atoms with van der Waals surface area (Å²) in [5.74, 6) is -3.51. The zero-order valence-electron chi connectivity index (χ0n) is 17.6. The Balaban J connectivity index is 1.50. The van der Waals surface area contributed by atoms with Gasteiger partial charge in [-0.2, -0.15) is 8.78 Å². The summed E-state index contributed by atoms with van der Waals surface area (Å²) in [4.78, 5) is 4.70. The van der Waals surface area contributed by atoms with Gasteiger partial charge in [0.1, 0.15) is 23.7 Å². The molecular weight excluding hydrogens is 440 g/mol. The first kappa shape index (κ1) is 21.6. The largest absolute Gasteiger partial charge is 0.493 e. The van der Waals surface area contributed by atoms with Gasteiger partial charge in [0, 0.05) is 11.0 Å². The number of benzene rings is 1. The Morgan fingerprint density at radius 1 is 1.12 bits per heavy atom. The highest BCUT2D eigenvalue weighted by atomic mass is 19.3. The number of ether oxygens (including phenoxy) is 3. The van der Waals surface area contributed by atoms with E-state index in [1.165, 1.54) is 12.2 Å². The van der Waals surface area contributed by atoms with Gasteiger partial charge in [0.2, 0.25) is 0 Å². The number of alkyl halides is 4. The Kier molecular flexibility index (Phi) is 5.02. The maximum absolute atomic E-state index is 13.4. The van der Waals surface area contributed by atoms with Gasteiger partial charge < -0.3 is 19.9 Å². The Morgan fingerprint density at radius 3 is 2.64 bits per heavy atom. The second-order valence-corrected chi connectivity index (χ2v) is 8.64. The number of aliphatic imine (C=N–C) groups is 1. The van der Waals surface area contributed by atoms with Crippen LogP contribution in [0.15, 0.2) is 65.4 Å². The third kappa shape index (κ3) is 3.69. The molecule has 0 bridgehead atoms. The van der Waals surface area contributed by atoms with Crippen molar-refractivity contribution >= 4 is 11.6 Å². The van der Waals surface area contributed by atoms with Crippen LogP contribution in [0.2, 0.25) is 0 Å². The lowest BCUT2D eigenvalue weighted by molar-refractivity contribution is -0.156. The summed E-state index contributed by atoms with van der Waals surface area (Å²) >= 11 is 0. The van der Waals surface area contributed by atoms with Gasteiger partial charge in [0.25, 0.3) is 6.02 Å². The van der Waals surface area contributed by atoms with Crippen LogP contribution in [0.4, 0.5) is 17.6 Å². The summed E-state index contributed by atoms with van der Waals surface area (Å²) in [7, 11) is 0. The molecule has 0 radical (unpaired) electrons. The Hall–Kier alpha value is -3.23. The first-order valence-electron chi connectivity index (χ1n) is 10.6. The van der Waals surface area contributed by atoms with E-state index in [9.17, 15) is 17.6 Å². The maximum Gasteiger partial charge on any atom is 0.340 e. The summed E-state index contributed by atoms with van der Waals surface area (Å²) in [6.45, 7) is -0.563. The van der Waals surface area contributed by atoms with Crippen LogP contribution in [0.5, 0.6) is 5.75 Å². The molecule has 0 saturated heterocycles. The molecule has 1 saturated carbocycles. The molecule has 2 aliphatic heterocycles. The lowest BCUT2D eigenvalue weighted by atomic mass is 9.74. The predicted octanol–water partition coefficient (Wildman–Crippen LogP) is 4.71. The van der Waals surface area contributed by atoms with Crippen LogP contribution in [0.3, 0.4) is 0 Å². The number of hydrogen-bond donors (Lipinski definition) is 1. The molecule has 2 N–H and O–H groups in total. The Labute approximate surface area is 187 Å². The zero-order valence-corrected chi connectivity index (χ0v) is 17.6. The fraction of sp³-hybridized carbons (Fsp3) is 0.375. The first-order chi connectivity index (χ1) is 15.7. The minimum atomic E-state index is -4.24. The monoisotopic (exact) mass is 462 g/mol. The highest BCUT2D eigenvalue weighted by Gasteiger charge is 2.66. The molecule has 1 aromatic carbocycles. The van der Waals surface area contributed by atoms with Gasteiger partial charge in [0.05, 0.1) is 6.61 Å². The molecule has 2 heterocycles. The lowest BCUT2D eigenvalue weighted by Gasteiger charge is -2.39. The quantitative estimate of drug-likeness (QED) is 0.644. The molecule has 33 heavy (non-hydrogen) atoms. The molecule has 0 aromatic heterocycles. The number of hydrogen-bond acceptors (Lipinski definition) is 5. The molecular formula is C24H22F4N2O3. The van der Waals surface area contributed by atoms with Gasteiger partial charge in [-0.05, 0) is 48.3 Å². The zero-order chi connectivity index (χ0) is 23.3. The fourth-order valence-electron chi connectivity index (χ4n) is 4.46. The van der Waals surface area contributed by atoms with Crippen LogP contribution in [0, 0.1) is 5.41 Å². The van der Waals surface area contributed by atoms with Crippen LogP contribution in [0.25, 0.3) is 5.57 Å². The van der Waals surface area contributed by atoms with Crippen molar-refractivity contribution in [2.45, 2.75) is 30.7 Å². The van der Waals surface area contributed by atoms with Crippen molar-refractivity contribution < 1.29 is 31.8 Å². The smallest absolute Gasteiger partial charge is 0.340 e. The molecule has 2 aliphatic carbocycles. The number of amidine groups is 1. The van der Waals surface area contributed by atoms with E-state index in [1.807, 2.05) is 18.2 Å².